The van der Waals surface area contributed by atoms with Gasteiger partial charge >= 0.3 is 5.97 Å². The van der Waals surface area contributed by atoms with Gasteiger partial charge in [-0.25, -0.2) is 0 Å². The van der Waals surface area contributed by atoms with E-state index in [0.717, 1.165) is 9.37 Å². The zero-order chi connectivity index (χ0) is 16.5. The Morgan fingerprint density at radius 3 is 2.36 bits per heavy atom. The Labute approximate surface area is 143 Å². The lowest BCUT2D eigenvalue weighted by Crippen LogP contribution is -2.42. The van der Waals surface area contributed by atoms with E-state index in [1.165, 1.54) is 11.8 Å². The summed E-state index contributed by atoms with van der Waals surface area (Å²) in [6, 6.07) is 7.83. The van der Waals surface area contributed by atoms with Crippen molar-refractivity contribution in [1.82, 2.24) is 4.90 Å². The topological polar surface area (TPSA) is 57.6 Å². The lowest BCUT2D eigenvalue weighted by atomic mass is 9.99. The molecule has 0 radical (unpaired) electrons. The second kappa shape index (κ2) is 6.62. The molecule has 1 N–H and O–H groups in total. The van der Waals surface area contributed by atoms with Crippen LogP contribution in [0.4, 0.5) is 0 Å². The molecule has 22 heavy (non-hydrogen) atoms. The normalized spacial score (nSPS) is 21.9. The van der Waals surface area contributed by atoms with Gasteiger partial charge in [-0.1, -0.05) is 22.9 Å². The number of hydrogen-bond donors (Lipinski definition) is 1. The molecule has 1 fully saturated rings. The molecule has 4 nitrogen and oxygen atoms in total. The molecule has 120 valence electrons. The van der Waals surface area contributed by atoms with E-state index in [2.05, 4.69) is 15.9 Å². The van der Waals surface area contributed by atoms with Crippen molar-refractivity contribution < 1.29 is 14.7 Å². The van der Waals surface area contributed by atoms with Gasteiger partial charge < -0.3 is 10.0 Å². The molecule has 0 spiro atoms. The fraction of sp³-hybridized carbons (Fsp3) is 0.500. The minimum absolute atomic E-state index is 0.00369. The zero-order valence-corrected chi connectivity index (χ0v) is 15.3. The number of amides is 1. The number of likely N-dealkylation sites (tertiary alicyclic amines) is 1. The van der Waals surface area contributed by atoms with Crippen molar-refractivity contribution in [1.29, 1.82) is 0 Å². The van der Waals surface area contributed by atoms with E-state index >= 15 is 0 Å². The second-order valence-electron chi connectivity index (χ2n) is 6.20. The van der Waals surface area contributed by atoms with Crippen LogP contribution in [0.5, 0.6) is 0 Å². The molecular weight excluding hydrogens is 366 g/mol. The Bertz CT molecular complexity index is 573. The fourth-order valence-corrected chi connectivity index (χ4v) is 4.02. The Hall–Kier alpha value is -1.01. The van der Waals surface area contributed by atoms with Crippen molar-refractivity contribution in [3.05, 3.63) is 28.7 Å². The van der Waals surface area contributed by atoms with Gasteiger partial charge in [-0.05, 0) is 44.0 Å². The van der Waals surface area contributed by atoms with Crippen molar-refractivity contribution >= 4 is 39.6 Å². The maximum atomic E-state index is 12.8. The fourth-order valence-electron chi connectivity index (χ4n) is 2.68. The molecule has 1 aromatic carbocycles. The highest BCUT2D eigenvalue weighted by Gasteiger charge is 2.41. The Morgan fingerprint density at radius 1 is 1.27 bits per heavy atom. The second-order valence-corrected chi connectivity index (χ2v) is 8.81. The third-order valence-electron chi connectivity index (χ3n) is 3.92. The Balaban J connectivity index is 2.07. The molecule has 1 heterocycles. The molecule has 0 aromatic heterocycles. The molecule has 1 amide bonds. The van der Waals surface area contributed by atoms with Crippen LogP contribution in [0.25, 0.3) is 0 Å². The number of rotatable bonds is 4. The van der Waals surface area contributed by atoms with E-state index < -0.39 is 16.6 Å². The van der Waals surface area contributed by atoms with E-state index in [-0.39, 0.29) is 11.8 Å². The van der Waals surface area contributed by atoms with E-state index in [0.29, 0.717) is 13.1 Å². The lowest BCUT2D eigenvalue weighted by molar-refractivity contribution is -0.142. The molecule has 0 aliphatic carbocycles. The Morgan fingerprint density at radius 2 is 1.86 bits per heavy atom. The summed E-state index contributed by atoms with van der Waals surface area (Å²) < 4.78 is 0.375. The molecule has 0 bridgehead atoms. The van der Waals surface area contributed by atoms with Gasteiger partial charge in [0.1, 0.15) is 0 Å². The summed E-state index contributed by atoms with van der Waals surface area (Å²) in [6.45, 7) is 6.49. The van der Waals surface area contributed by atoms with Gasteiger partial charge in [-0.15, -0.1) is 11.8 Å². The number of halogens is 1. The van der Waals surface area contributed by atoms with Crippen molar-refractivity contribution in [3.63, 3.8) is 0 Å². The quantitative estimate of drug-likeness (QED) is 0.805. The first-order valence-corrected chi connectivity index (χ1v) is 8.78. The van der Waals surface area contributed by atoms with Crippen LogP contribution in [0.2, 0.25) is 0 Å². The lowest BCUT2D eigenvalue weighted by Gasteiger charge is -2.28. The molecule has 6 heteroatoms. The van der Waals surface area contributed by atoms with Crippen LogP contribution < -0.4 is 0 Å². The molecule has 1 aromatic rings. The van der Waals surface area contributed by atoms with Gasteiger partial charge in [0.15, 0.2) is 0 Å². The highest BCUT2D eigenvalue weighted by molar-refractivity contribution is 9.10. The summed E-state index contributed by atoms with van der Waals surface area (Å²) in [5.41, 5.74) is 0. The number of benzene rings is 1. The summed E-state index contributed by atoms with van der Waals surface area (Å²) >= 11 is 4.90. The van der Waals surface area contributed by atoms with Crippen LogP contribution in [0.3, 0.4) is 0 Å². The van der Waals surface area contributed by atoms with Crippen LogP contribution in [0.15, 0.2) is 33.6 Å². The number of thioether (sulfide) groups is 1. The smallest absolute Gasteiger partial charge is 0.308 e. The van der Waals surface area contributed by atoms with Crippen molar-refractivity contribution in [2.24, 2.45) is 11.8 Å². The van der Waals surface area contributed by atoms with Gasteiger partial charge in [-0.2, -0.15) is 0 Å². The van der Waals surface area contributed by atoms with Gasteiger partial charge in [-0.3, -0.25) is 9.59 Å². The van der Waals surface area contributed by atoms with Crippen molar-refractivity contribution in [3.8, 4) is 0 Å². The molecule has 1 aliphatic rings. The highest BCUT2D eigenvalue weighted by atomic mass is 79.9. The summed E-state index contributed by atoms with van der Waals surface area (Å²) in [4.78, 5) is 26.7. The van der Waals surface area contributed by atoms with Crippen LogP contribution >= 0.6 is 27.7 Å². The molecule has 2 atom stereocenters. The highest BCUT2D eigenvalue weighted by Crippen LogP contribution is 2.36. The summed E-state index contributed by atoms with van der Waals surface area (Å²) in [7, 11) is 0. The maximum Gasteiger partial charge on any atom is 0.308 e. The van der Waals surface area contributed by atoms with Crippen molar-refractivity contribution in [2.75, 3.05) is 13.1 Å². The molecule has 1 aliphatic heterocycles. The number of aliphatic carboxylic acids is 1. The first-order valence-electron chi connectivity index (χ1n) is 7.17. The van der Waals surface area contributed by atoms with Crippen LogP contribution in [0.1, 0.15) is 20.8 Å². The van der Waals surface area contributed by atoms with E-state index in [1.54, 1.807) is 4.90 Å². The average Bonchev–Trinajstić information content (AvgIpc) is 2.82. The van der Waals surface area contributed by atoms with Gasteiger partial charge in [0, 0.05) is 22.5 Å². The van der Waals surface area contributed by atoms with Crippen LogP contribution in [-0.2, 0) is 9.59 Å². The van der Waals surface area contributed by atoms with Gasteiger partial charge in [0.05, 0.1) is 10.7 Å². The number of carboxylic acid groups (broad SMARTS) is 1. The zero-order valence-electron chi connectivity index (χ0n) is 12.9. The SMILES string of the molecule is C[C@@H]1CN(C(=O)C(C)(C)Sc2ccc(Br)cc2)C[C@H]1C(=O)O. The predicted molar refractivity (Wildman–Crippen MR) is 90.9 cm³/mol. The number of nitrogens with zero attached hydrogens (tertiary/aromatic N) is 1. The first-order chi connectivity index (χ1) is 10.2. The number of carboxylic acids is 1. The summed E-state index contributed by atoms with van der Waals surface area (Å²) in [5, 5.41) is 9.20. The van der Waals surface area contributed by atoms with E-state index in [9.17, 15) is 14.7 Å². The third kappa shape index (κ3) is 3.84. The number of carbonyl (C=O) groups excluding carboxylic acids is 1. The van der Waals surface area contributed by atoms with E-state index in [4.69, 9.17) is 0 Å². The van der Waals surface area contributed by atoms with Crippen LogP contribution in [-0.4, -0.2) is 39.7 Å². The number of carbonyl (C=O) groups is 2. The summed E-state index contributed by atoms with van der Waals surface area (Å²) in [6.07, 6.45) is 0. The van der Waals surface area contributed by atoms with Gasteiger partial charge in [0.2, 0.25) is 5.91 Å². The molecule has 0 unspecified atom stereocenters. The molecule has 0 saturated carbocycles. The molecule has 2 rings (SSSR count). The predicted octanol–water partition coefficient (Wildman–Crippen LogP) is 3.50. The van der Waals surface area contributed by atoms with Crippen LogP contribution in [0, 0.1) is 11.8 Å². The largest absolute Gasteiger partial charge is 0.481 e. The van der Waals surface area contributed by atoms with Gasteiger partial charge in [0.25, 0.3) is 0 Å². The Kier molecular flexibility index (Phi) is 5.22. The first kappa shape index (κ1) is 17.3. The van der Waals surface area contributed by atoms with E-state index in [1.807, 2.05) is 45.0 Å². The maximum absolute atomic E-state index is 12.8. The average molecular weight is 386 g/mol. The number of hydrogen-bond acceptors (Lipinski definition) is 3. The molecule has 1 saturated heterocycles. The third-order valence-corrected chi connectivity index (χ3v) is 5.64. The minimum Gasteiger partial charge on any atom is -0.481 e. The summed E-state index contributed by atoms with van der Waals surface area (Å²) in [5.74, 6) is -1.29. The minimum atomic E-state index is -0.818. The van der Waals surface area contributed by atoms with Crippen molar-refractivity contribution in [2.45, 2.75) is 30.4 Å². The monoisotopic (exact) mass is 385 g/mol. The molecular formula is C16H20BrNO3S. The standard InChI is InChI=1S/C16H20BrNO3S/c1-10-8-18(9-13(10)14(19)20)15(21)16(2,3)22-12-6-4-11(17)5-7-12/h4-7,10,13H,8-9H2,1-3H3,(H,19,20)/t10-,13-/m1/s1.